The number of amides is 3. The molecule has 39 heavy (non-hydrogen) atoms. The van der Waals surface area contributed by atoms with Crippen LogP contribution in [0, 0.1) is 5.92 Å². The first-order valence-electron chi connectivity index (χ1n) is 14.1. The highest BCUT2D eigenvalue weighted by atomic mass is 35.5. The molecule has 1 fully saturated rings. The van der Waals surface area contributed by atoms with Crippen molar-refractivity contribution in [3.05, 3.63) is 40.4 Å². The average Bonchev–Trinajstić information content (AvgIpc) is 3.32. The number of benzene rings is 1. The van der Waals surface area contributed by atoms with Crippen molar-refractivity contribution in [2.75, 3.05) is 26.2 Å². The lowest BCUT2D eigenvalue weighted by molar-refractivity contribution is -0.129. The highest BCUT2D eigenvalue weighted by Gasteiger charge is 2.27. The monoisotopic (exact) mass is 575 g/mol. The molecule has 3 amide bonds. The third kappa shape index (κ3) is 10.2. The maximum atomic E-state index is 13.5. The van der Waals surface area contributed by atoms with Crippen LogP contribution in [0.1, 0.15) is 64.3 Å². The Hall–Kier alpha value is -2.49. The zero-order chi connectivity index (χ0) is 28.2. The summed E-state index contributed by atoms with van der Waals surface area (Å²) < 4.78 is 0.935. The Bertz CT molecular complexity index is 1130. The Balaban J connectivity index is 1.63. The molecule has 2 aromatic rings. The molecule has 0 aliphatic carbocycles. The van der Waals surface area contributed by atoms with Gasteiger partial charge in [-0.3, -0.25) is 19.3 Å². The fraction of sp³-hybridized carbons (Fsp3) is 0.586. The molecule has 0 spiro atoms. The van der Waals surface area contributed by atoms with Gasteiger partial charge in [-0.25, -0.2) is 4.98 Å². The number of hydrogen-bond acceptors (Lipinski definition) is 6. The topological polar surface area (TPSA) is 103 Å². The van der Waals surface area contributed by atoms with Crippen molar-refractivity contribution in [3.63, 3.8) is 0 Å². The number of rotatable bonds is 14. The molecule has 0 unspecified atom stereocenters. The summed E-state index contributed by atoms with van der Waals surface area (Å²) in [6, 6.07) is 4.44. The van der Waals surface area contributed by atoms with Crippen LogP contribution in [0.5, 0.6) is 0 Å². The van der Waals surface area contributed by atoms with Gasteiger partial charge in [-0.05, 0) is 56.5 Å². The molecule has 3 atom stereocenters. The Labute approximate surface area is 241 Å². The summed E-state index contributed by atoms with van der Waals surface area (Å²) in [5, 5.41) is 10.3. The number of fused-ring (bicyclic) bond motifs is 1. The van der Waals surface area contributed by atoms with E-state index in [0.29, 0.717) is 24.4 Å². The summed E-state index contributed by atoms with van der Waals surface area (Å²) in [6.07, 6.45) is 9.32. The zero-order valence-corrected chi connectivity index (χ0v) is 24.9. The molecule has 8 nitrogen and oxygen atoms in total. The van der Waals surface area contributed by atoms with E-state index in [9.17, 15) is 14.4 Å². The van der Waals surface area contributed by atoms with E-state index in [-0.39, 0.29) is 36.1 Å². The van der Waals surface area contributed by atoms with Crippen molar-refractivity contribution in [1.82, 2.24) is 25.8 Å². The van der Waals surface area contributed by atoms with Gasteiger partial charge < -0.3 is 16.0 Å². The first kappa shape index (κ1) is 31.0. The smallest absolute Gasteiger partial charge is 0.243 e. The maximum absolute atomic E-state index is 13.5. The van der Waals surface area contributed by atoms with Gasteiger partial charge in [-0.2, -0.15) is 0 Å². The Morgan fingerprint density at radius 2 is 1.92 bits per heavy atom. The van der Waals surface area contributed by atoms with E-state index in [1.54, 1.807) is 12.1 Å². The van der Waals surface area contributed by atoms with Gasteiger partial charge in [-0.15, -0.1) is 11.3 Å². The summed E-state index contributed by atoms with van der Waals surface area (Å²) in [4.78, 5) is 45.4. The second-order valence-corrected chi connectivity index (χ2v) is 11.9. The number of aromatic nitrogens is 1. The molecule has 3 N–H and O–H groups in total. The van der Waals surface area contributed by atoms with Crippen molar-refractivity contribution < 1.29 is 14.4 Å². The minimum absolute atomic E-state index is 0.128. The van der Waals surface area contributed by atoms with Crippen LogP contribution in [-0.4, -0.2) is 65.9 Å². The van der Waals surface area contributed by atoms with Crippen molar-refractivity contribution in [2.45, 2.75) is 77.8 Å². The van der Waals surface area contributed by atoms with Crippen molar-refractivity contribution >= 4 is 50.9 Å². The molecular formula is C29H42ClN5O3S. The van der Waals surface area contributed by atoms with E-state index in [4.69, 9.17) is 11.6 Å². The number of likely N-dealkylation sites (tertiary alicyclic amines) is 1. The summed E-state index contributed by atoms with van der Waals surface area (Å²) in [5.41, 5.74) is 0.812. The van der Waals surface area contributed by atoms with Crippen molar-refractivity contribution in [1.29, 1.82) is 0 Å². The SMILES string of the molecule is CCCC(=O)N[C@@H](Cc1nc2ccc(Cl)cc2s1)C(=O)N[C@H](CNC(=O)/C=C/CN1CCCCC1)[C@@H](C)CC. The lowest BCUT2D eigenvalue weighted by atomic mass is 9.98. The highest BCUT2D eigenvalue weighted by molar-refractivity contribution is 7.18. The number of piperidine rings is 1. The molecule has 1 aromatic carbocycles. The van der Waals surface area contributed by atoms with Crippen molar-refractivity contribution in [3.8, 4) is 0 Å². The molecular weight excluding hydrogens is 534 g/mol. The molecule has 10 heteroatoms. The van der Waals surface area contributed by atoms with Gasteiger partial charge in [0.1, 0.15) is 6.04 Å². The Morgan fingerprint density at radius 3 is 2.64 bits per heavy atom. The van der Waals surface area contributed by atoms with Crippen molar-refractivity contribution in [2.24, 2.45) is 5.92 Å². The van der Waals surface area contributed by atoms with Crippen LogP contribution in [-0.2, 0) is 20.8 Å². The van der Waals surface area contributed by atoms with E-state index in [2.05, 4.69) is 32.8 Å². The lowest BCUT2D eigenvalue weighted by Gasteiger charge is -2.27. The minimum Gasteiger partial charge on any atom is -0.350 e. The Kier molecular flexibility index (Phi) is 12.7. The van der Waals surface area contributed by atoms with Gasteiger partial charge in [0.25, 0.3) is 0 Å². The fourth-order valence-corrected chi connectivity index (χ4v) is 5.88. The first-order chi connectivity index (χ1) is 18.8. The minimum atomic E-state index is -0.771. The van der Waals surface area contributed by atoms with Crippen LogP contribution in [0.4, 0.5) is 0 Å². The van der Waals surface area contributed by atoms with E-state index in [1.807, 2.05) is 32.1 Å². The molecule has 3 rings (SSSR count). The number of carbonyl (C=O) groups excluding carboxylic acids is 3. The standard InChI is InChI=1S/C29H42ClN5O3S/c1-4-10-27(37)32-23(18-28-33-22-13-12-21(30)17-25(22)39-28)29(38)34-24(20(3)5-2)19-31-26(36)11-9-16-35-14-7-6-8-15-35/h9,11-13,17,20,23-24H,4-8,10,14-16,18-19H2,1-3H3,(H,31,36)(H,32,37)(H,34,38)/b11-9+/t20-,23-,24+/m0/s1. The van der Waals surface area contributed by atoms with Gasteiger partial charge in [0, 0.05) is 43.1 Å². The molecule has 0 saturated carbocycles. The van der Waals surface area contributed by atoms with Crippen LogP contribution < -0.4 is 16.0 Å². The van der Waals surface area contributed by atoms with E-state index >= 15 is 0 Å². The molecule has 0 radical (unpaired) electrons. The van der Waals surface area contributed by atoms with Crippen LogP contribution in [0.15, 0.2) is 30.4 Å². The molecule has 0 bridgehead atoms. The van der Waals surface area contributed by atoms with Crippen LogP contribution in [0.25, 0.3) is 10.2 Å². The van der Waals surface area contributed by atoms with E-state index in [1.165, 1.54) is 30.6 Å². The largest absolute Gasteiger partial charge is 0.350 e. The van der Waals surface area contributed by atoms with Gasteiger partial charge in [0.05, 0.1) is 15.2 Å². The maximum Gasteiger partial charge on any atom is 0.243 e. The zero-order valence-electron chi connectivity index (χ0n) is 23.3. The highest BCUT2D eigenvalue weighted by Crippen LogP contribution is 2.26. The first-order valence-corrected chi connectivity index (χ1v) is 15.3. The molecule has 1 aromatic heterocycles. The van der Waals surface area contributed by atoms with Gasteiger partial charge in [-0.1, -0.05) is 51.3 Å². The molecule has 1 aliphatic rings. The van der Waals surface area contributed by atoms with Crippen LogP contribution >= 0.6 is 22.9 Å². The molecule has 2 heterocycles. The fourth-order valence-electron chi connectivity index (χ4n) is 4.59. The number of nitrogens with one attached hydrogen (secondary N) is 3. The molecule has 214 valence electrons. The summed E-state index contributed by atoms with van der Waals surface area (Å²) in [6.45, 7) is 9.26. The average molecular weight is 576 g/mol. The third-order valence-corrected chi connectivity index (χ3v) is 8.41. The second kappa shape index (κ2) is 15.9. The number of carbonyl (C=O) groups is 3. The number of hydrogen-bond donors (Lipinski definition) is 3. The molecule has 1 saturated heterocycles. The second-order valence-electron chi connectivity index (χ2n) is 10.3. The molecule has 1 aliphatic heterocycles. The lowest BCUT2D eigenvalue weighted by Crippen LogP contribution is -2.54. The van der Waals surface area contributed by atoms with Gasteiger partial charge in [0.15, 0.2) is 0 Å². The van der Waals surface area contributed by atoms with Crippen LogP contribution in [0.2, 0.25) is 5.02 Å². The summed E-state index contributed by atoms with van der Waals surface area (Å²) >= 11 is 7.59. The number of nitrogens with zero attached hydrogens (tertiary/aromatic N) is 2. The van der Waals surface area contributed by atoms with E-state index in [0.717, 1.165) is 41.3 Å². The third-order valence-electron chi connectivity index (χ3n) is 7.14. The summed E-state index contributed by atoms with van der Waals surface area (Å²) in [5.74, 6) is -0.496. The number of halogens is 1. The van der Waals surface area contributed by atoms with Crippen LogP contribution in [0.3, 0.4) is 0 Å². The van der Waals surface area contributed by atoms with E-state index < -0.39 is 6.04 Å². The summed E-state index contributed by atoms with van der Waals surface area (Å²) in [7, 11) is 0. The Morgan fingerprint density at radius 1 is 1.15 bits per heavy atom. The predicted molar refractivity (Wildman–Crippen MR) is 159 cm³/mol. The quantitative estimate of drug-likeness (QED) is 0.288. The number of thiazole rings is 1. The van der Waals surface area contributed by atoms with Gasteiger partial charge >= 0.3 is 0 Å². The normalized spacial score (nSPS) is 16.6. The predicted octanol–water partition coefficient (Wildman–Crippen LogP) is 4.47. The van der Waals surface area contributed by atoms with Gasteiger partial charge in [0.2, 0.25) is 17.7 Å².